The highest BCUT2D eigenvalue weighted by Gasteiger charge is 2.13. The highest BCUT2D eigenvalue weighted by molar-refractivity contribution is 8.01. The lowest BCUT2D eigenvalue weighted by Gasteiger charge is -2.11. The fourth-order valence-electron chi connectivity index (χ4n) is 3.17. The van der Waals surface area contributed by atoms with Crippen molar-refractivity contribution < 1.29 is 38.9 Å². The molecule has 0 aliphatic heterocycles. The summed E-state index contributed by atoms with van der Waals surface area (Å²) < 4.78 is 95.7. The molecule has 0 unspecified atom stereocenters. The zero-order valence-corrected chi connectivity index (χ0v) is 24.3. The van der Waals surface area contributed by atoms with Gasteiger partial charge in [0.05, 0.1) is 14.7 Å². The third-order valence-corrected chi connectivity index (χ3v) is 10.5. The Morgan fingerprint density at radius 2 is 0.564 bits per heavy atom. The van der Waals surface area contributed by atoms with Gasteiger partial charge < -0.3 is 0 Å². The van der Waals surface area contributed by atoms with Gasteiger partial charge in [-0.05, 0) is 91.0 Å². The molecule has 0 heterocycles. The van der Waals surface area contributed by atoms with Crippen LogP contribution in [-0.2, 0) is 30.4 Å². The minimum atomic E-state index is -4.32. The SMILES string of the molecule is O=S(=O)(O)c1ccc(Sc2cc(Sc3ccc(S(=O)(=O)O)cc3)cc(Sc3ccc(S(=O)(=O)O)cc3)c2)cc1. The van der Waals surface area contributed by atoms with Crippen molar-refractivity contribution in [1.29, 1.82) is 0 Å². The monoisotopic (exact) mass is 642 g/mol. The molecule has 204 valence electrons. The summed E-state index contributed by atoms with van der Waals surface area (Å²) in [5.41, 5.74) is 0. The maximum Gasteiger partial charge on any atom is 0.294 e. The second kappa shape index (κ2) is 11.6. The minimum absolute atomic E-state index is 0.228. The Kier molecular flexibility index (Phi) is 8.85. The van der Waals surface area contributed by atoms with Crippen molar-refractivity contribution in [3.8, 4) is 0 Å². The zero-order chi connectivity index (χ0) is 28.4. The summed E-state index contributed by atoms with van der Waals surface area (Å²) >= 11 is 4.02. The second-order valence-corrected chi connectivity index (χ2v) is 15.5. The van der Waals surface area contributed by atoms with Gasteiger partial charge in [-0.1, -0.05) is 35.3 Å². The first kappa shape index (κ1) is 29.6. The highest BCUT2D eigenvalue weighted by atomic mass is 32.2. The first-order valence-electron chi connectivity index (χ1n) is 10.6. The molecule has 0 saturated carbocycles. The van der Waals surface area contributed by atoms with Gasteiger partial charge in [0.1, 0.15) is 0 Å². The average molecular weight is 643 g/mol. The van der Waals surface area contributed by atoms with E-state index in [1.165, 1.54) is 71.7 Å². The predicted molar refractivity (Wildman–Crippen MR) is 148 cm³/mol. The summed E-state index contributed by atoms with van der Waals surface area (Å²) in [5, 5.41) is 0. The molecular weight excluding hydrogens is 625 g/mol. The van der Waals surface area contributed by atoms with Crippen molar-refractivity contribution in [2.75, 3.05) is 0 Å². The van der Waals surface area contributed by atoms with Crippen molar-refractivity contribution in [2.24, 2.45) is 0 Å². The van der Waals surface area contributed by atoms with Crippen molar-refractivity contribution in [1.82, 2.24) is 0 Å². The van der Waals surface area contributed by atoms with E-state index in [9.17, 15) is 38.9 Å². The molecule has 0 saturated heterocycles. The predicted octanol–water partition coefficient (Wildman–Crippen LogP) is 5.88. The smallest absolute Gasteiger partial charge is 0.282 e. The number of hydrogen-bond acceptors (Lipinski definition) is 9. The Hall–Kier alpha value is -2.34. The minimum Gasteiger partial charge on any atom is -0.282 e. The fourth-order valence-corrected chi connectivity index (χ4v) is 7.58. The van der Waals surface area contributed by atoms with Crippen LogP contribution in [0.25, 0.3) is 0 Å². The molecule has 0 radical (unpaired) electrons. The molecule has 0 aliphatic carbocycles. The average Bonchev–Trinajstić information content (AvgIpc) is 2.83. The normalized spacial score (nSPS) is 12.4. The van der Waals surface area contributed by atoms with E-state index in [0.717, 1.165) is 14.7 Å². The first-order valence-corrected chi connectivity index (χ1v) is 17.4. The van der Waals surface area contributed by atoms with E-state index in [0.29, 0.717) is 14.7 Å². The topological polar surface area (TPSA) is 163 Å². The lowest BCUT2D eigenvalue weighted by Crippen LogP contribution is -1.97. The lowest BCUT2D eigenvalue weighted by molar-refractivity contribution is 0.481. The molecule has 0 spiro atoms. The summed E-state index contributed by atoms with van der Waals surface area (Å²) in [4.78, 5) is 3.78. The second-order valence-electron chi connectivity index (χ2n) is 7.79. The van der Waals surface area contributed by atoms with E-state index in [1.54, 1.807) is 36.4 Å². The van der Waals surface area contributed by atoms with Crippen LogP contribution in [0.1, 0.15) is 0 Å². The van der Waals surface area contributed by atoms with Crippen molar-refractivity contribution in [2.45, 2.75) is 44.1 Å². The standard InChI is InChI=1S/C24H18O9S6/c25-37(26,27)22-7-1-16(2-8-22)34-19-13-20(35-17-3-9-23(10-4-17)38(28,29)30)15-21(14-19)36-18-5-11-24(12-6-18)39(31,32)33/h1-15H,(H,25,26,27)(H,28,29,30)(H,31,32,33). The molecule has 0 atom stereocenters. The number of rotatable bonds is 9. The molecule has 0 aromatic heterocycles. The van der Waals surface area contributed by atoms with Crippen molar-refractivity contribution >= 4 is 65.6 Å². The van der Waals surface area contributed by atoms with E-state index < -0.39 is 30.4 Å². The Bertz CT molecular complexity index is 1590. The number of hydrogen-bond donors (Lipinski definition) is 3. The third kappa shape index (κ3) is 8.33. The Labute approximate surface area is 238 Å². The van der Waals surface area contributed by atoms with Crippen molar-refractivity contribution in [3.63, 3.8) is 0 Å². The maximum atomic E-state index is 11.3. The molecule has 0 fully saturated rings. The number of benzene rings is 4. The fraction of sp³-hybridized carbons (Fsp3) is 0. The van der Waals surface area contributed by atoms with Gasteiger partial charge in [0.15, 0.2) is 0 Å². The van der Waals surface area contributed by atoms with Crippen LogP contribution in [0.5, 0.6) is 0 Å². The van der Waals surface area contributed by atoms with Crippen LogP contribution in [-0.4, -0.2) is 38.9 Å². The Balaban J connectivity index is 1.65. The molecule has 4 aromatic carbocycles. The molecule has 15 heteroatoms. The van der Waals surface area contributed by atoms with E-state index in [1.807, 2.05) is 18.2 Å². The van der Waals surface area contributed by atoms with E-state index in [2.05, 4.69) is 0 Å². The highest BCUT2D eigenvalue weighted by Crippen LogP contribution is 2.39. The molecule has 0 amide bonds. The van der Waals surface area contributed by atoms with Gasteiger partial charge in [-0.3, -0.25) is 13.7 Å². The molecule has 4 rings (SSSR count). The summed E-state index contributed by atoms with van der Waals surface area (Å²) in [5.74, 6) is 0. The van der Waals surface area contributed by atoms with Crippen LogP contribution in [0.3, 0.4) is 0 Å². The molecular formula is C24H18O9S6. The summed E-state index contributed by atoms with van der Waals surface area (Å²) in [6.07, 6.45) is 0. The van der Waals surface area contributed by atoms with Gasteiger partial charge in [-0.25, -0.2) is 0 Å². The Morgan fingerprint density at radius 1 is 0.359 bits per heavy atom. The van der Waals surface area contributed by atoms with Gasteiger partial charge in [0, 0.05) is 29.4 Å². The van der Waals surface area contributed by atoms with Crippen LogP contribution in [0, 0.1) is 0 Å². The molecule has 3 N–H and O–H groups in total. The van der Waals surface area contributed by atoms with Gasteiger partial charge in [-0.15, -0.1) is 0 Å². The van der Waals surface area contributed by atoms with E-state index >= 15 is 0 Å². The van der Waals surface area contributed by atoms with Crippen molar-refractivity contribution in [3.05, 3.63) is 91.0 Å². The molecule has 9 nitrogen and oxygen atoms in total. The van der Waals surface area contributed by atoms with Crippen LogP contribution >= 0.6 is 35.3 Å². The maximum absolute atomic E-state index is 11.3. The summed E-state index contributed by atoms with van der Waals surface area (Å²) in [7, 11) is -13.0. The van der Waals surface area contributed by atoms with Crippen LogP contribution < -0.4 is 0 Å². The van der Waals surface area contributed by atoms with E-state index in [4.69, 9.17) is 0 Å². The molecule has 4 aromatic rings. The third-order valence-electron chi connectivity index (χ3n) is 4.93. The molecule has 0 aliphatic rings. The van der Waals surface area contributed by atoms with Crippen LogP contribution in [0.15, 0.2) is 135 Å². The zero-order valence-electron chi connectivity index (χ0n) is 19.4. The quantitative estimate of drug-likeness (QED) is 0.186. The first-order chi connectivity index (χ1) is 18.2. The lowest BCUT2D eigenvalue weighted by atomic mass is 10.3. The van der Waals surface area contributed by atoms with Gasteiger partial charge in [0.2, 0.25) is 0 Å². The molecule has 0 bridgehead atoms. The summed E-state index contributed by atoms with van der Waals surface area (Å²) in [6, 6.07) is 22.7. The molecule has 39 heavy (non-hydrogen) atoms. The van der Waals surface area contributed by atoms with Crippen LogP contribution in [0.2, 0.25) is 0 Å². The van der Waals surface area contributed by atoms with Crippen LogP contribution in [0.4, 0.5) is 0 Å². The van der Waals surface area contributed by atoms with E-state index in [-0.39, 0.29) is 14.7 Å². The van der Waals surface area contributed by atoms with Gasteiger partial charge in [-0.2, -0.15) is 25.3 Å². The van der Waals surface area contributed by atoms with Gasteiger partial charge >= 0.3 is 0 Å². The summed E-state index contributed by atoms with van der Waals surface area (Å²) in [6.45, 7) is 0. The Morgan fingerprint density at radius 3 is 0.744 bits per heavy atom. The van der Waals surface area contributed by atoms with Gasteiger partial charge in [0.25, 0.3) is 30.4 Å². The largest absolute Gasteiger partial charge is 0.294 e.